The fourth-order valence-electron chi connectivity index (χ4n) is 2.76. The smallest absolute Gasteiger partial charge is 0.0328 e. The lowest BCUT2D eigenvalue weighted by molar-refractivity contribution is 0.463. The van der Waals surface area contributed by atoms with Crippen LogP contribution in [0.1, 0.15) is 17.0 Å². The van der Waals surface area contributed by atoms with E-state index in [4.69, 9.17) is 5.84 Å². The molecule has 0 spiro atoms. The van der Waals surface area contributed by atoms with Gasteiger partial charge in [-0.15, -0.1) is 11.8 Å². The van der Waals surface area contributed by atoms with Crippen molar-refractivity contribution >= 4 is 27.7 Å². The molecule has 0 fully saturated rings. The molecule has 3 rings (SSSR count). The molecule has 104 valence electrons. The molecule has 0 bridgehead atoms. The van der Waals surface area contributed by atoms with Gasteiger partial charge in [-0.1, -0.05) is 46.3 Å². The molecular weight excluding hydrogens is 332 g/mol. The van der Waals surface area contributed by atoms with Crippen molar-refractivity contribution in [2.24, 2.45) is 5.84 Å². The lowest BCUT2D eigenvalue weighted by Gasteiger charge is -2.23. The Labute approximate surface area is 132 Å². The average Bonchev–Trinajstić information content (AvgIpc) is 2.89. The van der Waals surface area contributed by atoms with Gasteiger partial charge in [-0.2, -0.15) is 0 Å². The largest absolute Gasteiger partial charge is 0.271 e. The second-order valence-corrected chi connectivity index (χ2v) is 7.04. The van der Waals surface area contributed by atoms with Crippen LogP contribution in [-0.4, -0.2) is 11.8 Å². The van der Waals surface area contributed by atoms with E-state index in [1.807, 2.05) is 11.8 Å². The summed E-state index contributed by atoms with van der Waals surface area (Å²) >= 11 is 5.46. The summed E-state index contributed by atoms with van der Waals surface area (Å²) in [5.41, 5.74) is 5.75. The van der Waals surface area contributed by atoms with Crippen LogP contribution in [0.15, 0.2) is 57.9 Å². The van der Waals surface area contributed by atoms with E-state index in [-0.39, 0.29) is 6.04 Å². The highest BCUT2D eigenvalue weighted by atomic mass is 79.9. The molecule has 0 amide bonds. The molecule has 1 aliphatic rings. The SMILES string of the molecule is NNC(Cc1cccc(Br)c1)C1CSc2ccccc21. The maximum absolute atomic E-state index is 5.82. The minimum absolute atomic E-state index is 0.264. The highest BCUT2D eigenvalue weighted by Gasteiger charge is 2.29. The molecule has 0 aromatic heterocycles. The lowest BCUT2D eigenvalue weighted by atomic mass is 9.89. The number of hydrogen-bond donors (Lipinski definition) is 2. The number of fused-ring (bicyclic) bond motifs is 1. The molecule has 4 heteroatoms. The van der Waals surface area contributed by atoms with Gasteiger partial charge in [-0.05, 0) is 35.7 Å². The molecule has 2 unspecified atom stereocenters. The van der Waals surface area contributed by atoms with Crippen molar-refractivity contribution in [2.45, 2.75) is 23.3 Å². The van der Waals surface area contributed by atoms with Crippen molar-refractivity contribution in [3.8, 4) is 0 Å². The second kappa shape index (κ2) is 6.31. The monoisotopic (exact) mass is 348 g/mol. The van der Waals surface area contributed by atoms with Gasteiger partial charge in [0.25, 0.3) is 0 Å². The highest BCUT2D eigenvalue weighted by Crippen LogP contribution is 2.41. The fourth-order valence-corrected chi connectivity index (χ4v) is 4.53. The summed E-state index contributed by atoms with van der Waals surface area (Å²) < 4.78 is 1.12. The number of rotatable bonds is 4. The minimum Gasteiger partial charge on any atom is -0.271 e. The summed E-state index contributed by atoms with van der Waals surface area (Å²) in [5, 5.41) is 0. The van der Waals surface area contributed by atoms with Crippen LogP contribution in [0.3, 0.4) is 0 Å². The summed E-state index contributed by atoms with van der Waals surface area (Å²) in [4.78, 5) is 1.40. The molecule has 2 aromatic rings. The molecule has 1 aliphatic heterocycles. The molecule has 2 atom stereocenters. The maximum atomic E-state index is 5.82. The minimum atomic E-state index is 0.264. The second-order valence-electron chi connectivity index (χ2n) is 5.06. The van der Waals surface area contributed by atoms with Crippen LogP contribution >= 0.6 is 27.7 Å². The molecule has 3 N–H and O–H groups in total. The molecule has 0 saturated carbocycles. The molecule has 0 radical (unpaired) electrons. The number of hydrogen-bond acceptors (Lipinski definition) is 3. The third-order valence-electron chi connectivity index (χ3n) is 3.78. The van der Waals surface area contributed by atoms with E-state index in [0.717, 1.165) is 16.6 Å². The highest BCUT2D eigenvalue weighted by molar-refractivity contribution is 9.10. The molecular formula is C16H17BrN2S. The number of nitrogens with one attached hydrogen (secondary N) is 1. The number of thioether (sulfide) groups is 1. The maximum Gasteiger partial charge on any atom is 0.0328 e. The van der Waals surface area contributed by atoms with E-state index >= 15 is 0 Å². The van der Waals surface area contributed by atoms with Gasteiger partial charge in [0.05, 0.1) is 0 Å². The van der Waals surface area contributed by atoms with Gasteiger partial charge in [0, 0.05) is 27.1 Å². The Kier molecular flexibility index (Phi) is 4.46. The van der Waals surface area contributed by atoms with Gasteiger partial charge in [0.15, 0.2) is 0 Å². The molecule has 1 heterocycles. The van der Waals surface area contributed by atoms with Crippen molar-refractivity contribution in [3.63, 3.8) is 0 Å². The van der Waals surface area contributed by atoms with Crippen LogP contribution in [0, 0.1) is 0 Å². The predicted octanol–water partition coefficient (Wildman–Crippen LogP) is 3.71. The van der Waals surface area contributed by atoms with Gasteiger partial charge < -0.3 is 0 Å². The third-order valence-corrected chi connectivity index (χ3v) is 5.48. The fraction of sp³-hybridized carbons (Fsp3) is 0.250. The van der Waals surface area contributed by atoms with Crippen molar-refractivity contribution in [1.82, 2.24) is 5.43 Å². The van der Waals surface area contributed by atoms with Gasteiger partial charge in [0.1, 0.15) is 0 Å². The molecule has 20 heavy (non-hydrogen) atoms. The van der Waals surface area contributed by atoms with Gasteiger partial charge in [-0.25, -0.2) is 0 Å². The zero-order valence-electron chi connectivity index (χ0n) is 11.1. The number of hydrazine groups is 1. The van der Waals surface area contributed by atoms with Crippen LogP contribution in [-0.2, 0) is 6.42 Å². The Bertz CT molecular complexity index is 603. The first kappa shape index (κ1) is 14.1. The zero-order valence-corrected chi connectivity index (χ0v) is 13.5. The first-order valence-electron chi connectivity index (χ1n) is 6.70. The van der Waals surface area contributed by atoms with Crippen LogP contribution in [0.4, 0.5) is 0 Å². The Hall–Kier alpha value is -0.810. The summed E-state index contributed by atoms with van der Waals surface area (Å²) in [7, 11) is 0. The Morgan fingerprint density at radius 2 is 2.10 bits per heavy atom. The van der Waals surface area contributed by atoms with Crippen molar-refractivity contribution in [2.75, 3.05) is 5.75 Å². The number of nitrogens with two attached hydrogens (primary N) is 1. The van der Waals surface area contributed by atoms with Crippen LogP contribution in [0.5, 0.6) is 0 Å². The van der Waals surface area contributed by atoms with Crippen LogP contribution in [0.2, 0.25) is 0 Å². The van der Waals surface area contributed by atoms with Crippen LogP contribution < -0.4 is 11.3 Å². The van der Waals surface area contributed by atoms with Crippen molar-refractivity contribution < 1.29 is 0 Å². The number of benzene rings is 2. The van der Waals surface area contributed by atoms with E-state index < -0.39 is 0 Å². The van der Waals surface area contributed by atoms with Gasteiger partial charge in [-0.3, -0.25) is 11.3 Å². The van der Waals surface area contributed by atoms with Gasteiger partial charge in [0.2, 0.25) is 0 Å². The predicted molar refractivity (Wildman–Crippen MR) is 88.9 cm³/mol. The van der Waals surface area contributed by atoms with E-state index in [0.29, 0.717) is 5.92 Å². The topological polar surface area (TPSA) is 38.0 Å². The number of halogens is 1. The summed E-state index contributed by atoms with van der Waals surface area (Å²) in [5.74, 6) is 7.40. The molecule has 2 nitrogen and oxygen atoms in total. The van der Waals surface area contributed by atoms with Crippen molar-refractivity contribution in [1.29, 1.82) is 0 Å². The summed E-state index contributed by atoms with van der Waals surface area (Å²) in [6, 6.07) is 17.4. The Morgan fingerprint density at radius 1 is 1.25 bits per heavy atom. The third kappa shape index (κ3) is 2.93. The first-order valence-corrected chi connectivity index (χ1v) is 8.48. The Balaban J connectivity index is 1.81. The van der Waals surface area contributed by atoms with E-state index in [2.05, 4.69) is 69.9 Å². The Morgan fingerprint density at radius 3 is 2.90 bits per heavy atom. The molecule has 0 saturated heterocycles. The zero-order chi connectivity index (χ0) is 13.9. The van der Waals surface area contributed by atoms with Gasteiger partial charge >= 0.3 is 0 Å². The average molecular weight is 349 g/mol. The lowest BCUT2D eigenvalue weighted by Crippen LogP contribution is -2.41. The summed E-state index contributed by atoms with van der Waals surface area (Å²) in [6.45, 7) is 0. The molecule has 0 aliphatic carbocycles. The normalized spacial score (nSPS) is 18.8. The van der Waals surface area contributed by atoms with E-state index in [1.165, 1.54) is 16.0 Å². The summed E-state index contributed by atoms with van der Waals surface area (Å²) in [6.07, 6.45) is 0.940. The first-order chi connectivity index (χ1) is 9.78. The van der Waals surface area contributed by atoms with Crippen LogP contribution in [0.25, 0.3) is 0 Å². The van der Waals surface area contributed by atoms with Crippen molar-refractivity contribution in [3.05, 3.63) is 64.1 Å². The molecule has 2 aromatic carbocycles. The quantitative estimate of drug-likeness (QED) is 0.653. The van der Waals surface area contributed by atoms with E-state index in [1.54, 1.807) is 0 Å². The van der Waals surface area contributed by atoms with E-state index in [9.17, 15) is 0 Å². The standard InChI is InChI=1S/C16H17BrN2S/c17-12-5-3-4-11(8-12)9-15(19-18)14-10-20-16-7-2-1-6-13(14)16/h1-8,14-15,19H,9-10,18H2.